The highest BCUT2D eigenvalue weighted by molar-refractivity contribution is 7.86. The predicted octanol–water partition coefficient (Wildman–Crippen LogP) is 2.25. The number of nitrogens with zero attached hydrogens (tertiary/aromatic N) is 1. The van der Waals surface area contributed by atoms with Crippen LogP contribution in [0.1, 0.15) is 28.3 Å². The fourth-order valence-electron chi connectivity index (χ4n) is 3.18. The largest absolute Gasteiger partial charge is 0.496 e. The first-order valence-electron chi connectivity index (χ1n) is 8.39. The first-order chi connectivity index (χ1) is 13.2. The molecule has 1 amide bonds. The van der Waals surface area contributed by atoms with Crippen molar-refractivity contribution >= 4 is 27.7 Å². The van der Waals surface area contributed by atoms with E-state index < -0.39 is 16.1 Å². The molecular weight excluding hydrogens is 386 g/mol. The molecule has 0 aromatic heterocycles. The monoisotopic (exact) mass is 405 g/mol. The molecule has 28 heavy (non-hydrogen) atoms. The van der Waals surface area contributed by atoms with Crippen molar-refractivity contribution in [3.05, 3.63) is 53.6 Å². The summed E-state index contributed by atoms with van der Waals surface area (Å²) in [5, 5.41) is 9.19. The van der Waals surface area contributed by atoms with E-state index in [9.17, 15) is 23.1 Å². The van der Waals surface area contributed by atoms with Gasteiger partial charge in [-0.05, 0) is 42.0 Å². The Labute approximate surface area is 162 Å². The maximum absolute atomic E-state index is 12.5. The standard InChI is InChI=1S/C19H19NO7S/c1-26-17-9-12(3-8-16(17)19(22)23)13-10-18(21)20(11-13)14-4-6-15(7-5-14)27-28(2,24)25/h3-9,13H,10-11H2,1-2H3,(H,22,23). The summed E-state index contributed by atoms with van der Waals surface area (Å²) in [7, 11) is -2.21. The highest BCUT2D eigenvalue weighted by Gasteiger charge is 2.32. The zero-order valence-corrected chi connectivity index (χ0v) is 16.1. The van der Waals surface area contributed by atoms with Crippen molar-refractivity contribution in [2.45, 2.75) is 12.3 Å². The minimum absolute atomic E-state index is 0.0638. The molecule has 0 saturated carbocycles. The SMILES string of the molecule is COc1cc(C2CC(=O)N(c3ccc(OS(C)(=O)=O)cc3)C2)ccc1C(=O)O. The topological polar surface area (TPSA) is 110 Å². The van der Waals surface area contributed by atoms with Gasteiger partial charge in [0.25, 0.3) is 0 Å². The van der Waals surface area contributed by atoms with Crippen LogP contribution in [0.15, 0.2) is 42.5 Å². The van der Waals surface area contributed by atoms with Crippen LogP contribution in [0.4, 0.5) is 5.69 Å². The van der Waals surface area contributed by atoms with Gasteiger partial charge in [0.15, 0.2) is 0 Å². The van der Waals surface area contributed by atoms with E-state index in [1.165, 1.54) is 25.3 Å². The molecule has 0 radical (unpaired) electrons. The Bertz CT molecular complexity index is 1020. The number of ether oxygens (including phenoxy) is 1. The smallest absolute Gasteiger partial charge is 0.339 e. The normalized spacial score (nSPS) is 16.9. The second-order valence-electron chi connectivity index (χ2n) is 6.45. The van der Waals surface area contributed by atoms with Gasteiger partial charge in [-0.15, -0.1) is 0 Å². The Morgan fingerprint density at radius 2 is 1.86 bits per heavy atom. The molecule has 1 N–H and O–H groups in total. The molecule has 2 aromatic carbocycles. The average molecular weight is 405 g/mol. The second-order valence-corrected chi connectivity index (χ2v) is 8.03. The van der Waals surface area contributed by atoms with Gasteiger partial charge in [0.2, 0.25) is 5.91 Å². The van der Waals surface area contributed by atoms with Gasteiger partial charge in [0.05, 0.1) is 13.4 Å². The number of hydrogen-bond donors (Lipinski definition) is 1. The first-order valence-corrected chi connectivity index (χ1v) is 10.2. The first kappa shape index (κ1) is 19.7. The Hall–Kier alpha value is -3.07. The van der Waals surface area contributed by atoms with Crippen molar-refractivity contribution < 1.29 is 32.0 Å². The van der Waals surface area contributed by atoms with Crippen LogP contribution in [0.25, 0.3) is 0 Å². The molecule has 148 valence electrons. The van der Waals surface area contributed by atoms with Crippen molar-refractivity contribution in [3.8, 4) is 11.5 Å². The molecular formula is C19H19NO7S. The fourth-order valence-corrected chi connectivity index (χ4v) is 3.64. The molecule has 0 aliphatic carbocycles. The van der Waals surface area contributed by atoms with Crippen LogP contribution >= 0.6 is 0 Å². The molecule has 1 aliphatic rings. The van der Waals surface area contributed by atoms with Gasteiger partial charge in [-0.25, -0.2) is 4.79 Å². The molecule has 1 unspecified atom stereocenters. The molecule has 1 heterocycles. The van der Waals surface area contributed by atoms with Crippen molar-refractivity contribution in [2.75, 3.05) is 24.8 Å². The maximum Gasteiger partial charge on any atom is 0.339 e. The maximum atomic E-state index is 12.5. The highest BCUT2D eigenvalue weighted by Crippen LogP contribution is 2.34. The van der Waals surface area contributed by atoms with E-state index in [2.05, 4.69) is 0 Å². The molecule has 1 fully saturated rings. The number of rotatable bonds is 6. The van der Waals surface area contributed by atoms with E-state index in [0.717, 1.165) is 11.8 Å². The number of benzene rings is 2. The Morgan fingerprint density at radius 3 is 2.43 bits per heavy atom. The molecule has 9 heteroatoms. The van der Waals surface area contributed by atoms with Crippen LogP contribution in [0.3, 0.4) is 0 Å². The molecule has 8 nitrogen and oxygen atoms in total. The summed E-state index contributed by atoms with van der Waals surface area (Å²) in [6.45, 7) is 0.417. The molecule has 1 atom stereocenters. The van der Waals surface area contributed by atoms with Crippen molar-refractivity contribution in [3.63, 3.8) is 0 Å². The van der Waals surface area contributed by atoms with Crippen LogP contribution < -0.4 is 13.8 Å². The summed E-state index contributed by atoms with van der Waals surface area (Å²) in [5.74, 6) is -0.857. The summed E-state index contributed by atoms with van der Waals surface area (Å²) in [5.41, 5.74) is 1.51. The Balaban J connectivity index is 1.79. The third-order valence-electron chi connectivity index (χ3n) is 4.45. The minimum atomic E-state index is -3.62. The van der Waals surface area contributed by atoms with Gasteiger partial charge < -0.3 is 18.9 Å². The van der Waals surface area contributed by atoms with Crippen molar-refractivity contribution in [1.29, 1.82) is 0 Å². The van der Waals surface area contributed by atoms with E-state index in [0.29, 0.717) is 12.2 Å². The number of methoxy groups -OCH3 is 1. The number of carbonyl (C=O) groups is 2. The quantitative estimate of drug-likeness (QED) is 0.734. The van der Waals surface area contributed by atoms with Crippen LogP contribution in [0, 0.1) is 0 Å². The van der Waals surface area contributed by atoms with Crippen LogP contribution in [-0.2, 0) is 14.9 Å². The zero-order valence-electron chi connectivity index (χ0n) is 15.3. The number of aromatic carboxylic acids is 1. The summed E-state index contributed by atoms with van der Waals surface area (Å²) >= 11 is 0. The Kier molecular flexibility index (Phi) is 5.28. The van der Waals surface area contributed by atoms with Gasteiger partial charge in [-0.1, -0.05) is 6.07 Å². The summed E-state index contributed by atoms with van der Waals surface area (Å²) in [4.78, 5) is 25.3. The molecule has 2 aromatic rings. The molecule has 0 spiro atoms. The zero-order chi connectivity index (χ0) is 20.5. The number of anilines is 1. The number of carboxylic acid groups (broad SMARTS) is 1. The highest BCUT2D eigenvalue weighted by atomic mass is 32.2. The van der Waals surface area contributed by atoms with Gasteiger partial charge in [-0.2, -0.15) is 8.42 Å². The molecule has 1 aliphatic heterocycles. The second kappa shape index (κ2) is 7.51. The average Bonchev–Trinajstić information content (AvgIpc) is 3.02. The van der Waals surface area contributed by atoms with Gasteiger partial charge >= 0.3 is 16.1 Å². The van der Waals surface area contributed by atoms with E-state index in [-0.39, 0.29) is 35.3 Å². The lowest BCUT2D eigenvalue weighted by Crippen LogP contribution is -2.24. The van der Waals surface area contributed by atoms with Crippen molar-refractivity contribution in [1.82, 2.24) is 0 Å². The number of carbonyl (C=O) groups excluding carboxylic acids is 1. The van der Waals surface area contributed by atoms with Crippen molar-refractivity contribution in [2.24, 2.45) is 0 Å². The minimum Gasteiger partial charge on any atom is -0.496 e. The lowest BCUT2D eigenvalue weighted by Gasteiger charge is -2.18. The molecule has 1 saturated heterocycles. The number of hydrogen-bond acceptors (Lipinski definition) is 6. The van der Waals surface area contributed by atoms with E-state index in [4.69, 9.17) is 8.92 Å². The fraction of sp³-hybridized carbons (Fsp3) is 0.263. The van der Waals surface area contributed by atoms with Gasteiger partial charge in [0, 0.05) is 24.6 Å². The van der Waals surface area contributed by atoms with E-state index in [1.54, 1.807) is 29.2 Å². The summed E-state index contributed by atoms with van der Waals surface area (Å²) in [6.07, 6.45) is 1.23. The summed E-state index contributed by atoms with van der Waals surface area (Å²) in [6, 6.07) is 11.0. The molecule has 3 rings (SSSR count). The van der Waals surface area contributed by atoms with E-state index >= 15 is 0 Å². The molecule has 0 bridgehead atoms. The van der Waals surface area contributed by atoms with Crippen LogP contribution in [0.2, 0.25) is 0 Å². The van der Waals surface area contributed by atoms with E-state index in [1.807, 2.05) is 0 Å². The number of amides is 1. The number of carboxylic acids is 1. The van der Waals surface area contributed by atoms with Gasteiger partial charge in [-0.3, -0.25) is 4.79 Å². The Morgan fingerprint density at radius 1 is 1.18 bits per heavy atom. The summed E-state index contributed by atoms with van der Waals surface area (Å²) < 4.78 is 32.3. The predicted molar refractivity (Wildman–Crippen MR) is 102 cm³/mol. The third kappa shape index (κ3) is 4.25. The van der Waals surface area contributed by atoms with Crippen LogP contribution in [0.5, 0.6) is 11.5 Å². The lowest BCUT2D eigenvalue weighted by atomic mass is 9.96. The van der Waals surface area contributed by atoms with Gasteiger partial charge in [0.1, 0.15) is 17.1 Å². The van der Waals surface area contributed by atoms with Crippen LogP contribution in [-0.4, -0.2) is 45.3 Å². The lowest BCUT2D eigenvalue weighted by molar-refractivity contribution is -0.117. The third-order valence-corrected chi connectivity index (χ3v) is 4.94.